The summed E-state index contributed by atoms with van der Waals surface area (Å²) in [4.78, 5) is 0. The van der Waals surface area contributed by atoms with Crippen LogP contribution in [0, 0.1) is 5.82 Å². The fourth-order valence-electron chi connectivity index (χ4n) is 1.77. The molecule has 6 heteroatoms. The van der Waals surface area contributed by atoms with Crippen LogP contribution in [0.25, 0.3) is 0 Å². The number of nitrogens with one attached hydrogen (secondary N) is 1. The van der Waals surface area contributed by atoms with Gasteiger partial charge in [0.05, 0.1) is 10.0 Å². The van der Waals surface area contributed by atoms with E-state index in [4.69, 9.17) is 27.9 Å². The molecule has 2 nitrogen and oxygen atoms in total. The predicted octanol–water partition coefficient (Wildman–Crippen LogP) is 5.63. The van der Waals surface area contributed by atoms with E-state index < -0.39 is 0 Å². The van der Waals surface area contributed by atoms with Gasteiger partial charge in [-0.15, -0.1) is 12.4 Å². The van der Waals surface area contributed by atoms with Crippen LogP contribution in [-0.4, -0.2) is 7.05 Å². The van der Waals surface area contributed by atoms with Crippen LogP contribution in [0.2, 0.25) is 10.0 Å². The van der Waals surface area contributed by atoms with E-state index in [2.05, 4.69) is 5.32 Å². The Balaban J connectivity index is 0.00000220. The third-order valence-corrected chi connectivity index (χ3v) is 3.73. The molecule has 2 aromatic rings. The summed E-state index contributed by atoms with van der Waals surface area (Å²) in [6.07, 6.45) is 0. The predicted molar refractivity (Wildman–Crippen MR) is 87.7 cm³/mol. The summed E-state index contributed by atoms with van der Waals surface area (Å²) in [6.45, 7) is 1.93. The number of halogens is 4. The molecule has 2 rings (SSSR count). The van der Waals surface area contributed by atoms with E-state index in [0.717, 1.165) is 5.56 Å². The summed E-state index contributed by atoms with van der Waals surface area (Å²) >= 11 is 11.8. The van der Waals surface area contributed by atoms with E-state index in [0.29, 0.717) is 21.5 Å². The lowest BCUT2D eigenvalue weighted by molar-refractivity contribution is 0.463. The molecule has 21 heavy (non-hydrogen) atoms. The van der Waals surface area contributed by atoms with Gasteiger partial charge < -0.3 is 10.1 Å². The maximum Gasteiger partial charge on any atom is 0.132 e. The van der Waals surface area contributed by atoms with Crippen molar-refractivity contribution in [2.75, 3.05) is 7.05 Å². The van der Waals surface area contributed by atoms with Gasteiger partial charge in [0.2, 0.25) is 0 Å². The molecule has 0 bridgehead atoms. The molecule has 1 N–H and O–H groups in total. The standard InChI is InChI=1S/C15H14Cl2FNO.ClH/c1-9(19-2)12-7-10(18)3-6-15(12)20-11-4-5-13(16)14(17)8-11;/h3-9,19H,1-2H3;1H. The van der Waals surface area contributed by atoms with Gasteiger partial charge in [-0.2, -0.15) is 0 Å². The Kier molecular flexibility index (Phi) is 6.75. The molecule has 0 amide bonds. The van der Waals surface area contributed by atoms with E-state index in [-0.39, 0.29) is 24.3 Å². The first-order chi connectivity index (χ1) is 9.51. The molecule has 0 radical (unpaired) electrons. The van der Waals surface area contributed by atoms with Crippen LogP contribution in [0.5, 0.6) is 11.5 Å². The molecule has 1 atom stereocenters. The molecule has 0 aliphatic carbocycles. The average Bonchev–Trinajstić information content (AvgIpc) is 2.44. The largest absolute Gasteiger partial charge is 0.457 e. The quantitative estimate of drug-likeness (QED) is 0.772. The Hall–Kier alpha value is -1.000. The summed E-state index contributed by atoms with van der Waals surface area (Å²) < 4.78 is 19.2. The first-order valence-corrected chi connectivity index (χ1v) is 6.86. The Morgan fingerprint density at radius 3 is 2.43 bits per heavy atom. The Morgan fingerprint density at radius 1 is 1.10 bits per heavy atom. The maximum absolute atomic E-state index is 13.4. The summed E-state index contributed by atoms with van der Waals surface area (Å²) in [7, 11) is 1.80. The molecule has 0 aliphatic heterocycles. The van der Waals surface area contributed by atoms with E-state index >= 15 is 0 Å². The molecule has 0 heterocycles. The second-order valence-electron chi connectivity index (χ2n) is 4.37. The highest BCUT2D eigenvalue weighted by Crippen LogP contribution is 2.33. The van der Waals surface area contributed by atoms with Crippen molar-refractivity contribution in [1.29, 1.82) is 0 Å². The highest BCUT2D eigenvalue weighted by atomic mass is 35.5. The molecule has 0 saturated carbocycles. The van der Waals surface area contributed by atoms with Gasteiger partial charge in [0, 0.05) is 17.7 Å². The molecule has 0 saturated heterocycles. The molecule has 0 spiro atoms. The Morgan fingerprint density at radius 2 is 1.81 bits per heavy atom. The Labute approximate surface area is 139 Å². The topological polar surface area (TPSA) is 21.3 Å². The fourth-order valence-corrected chi connectivity index (χ4v) is 2.06. The van der Waals surface area contributed by atoms with Crippen molar-refractivity contribution in [2.24, 2.45) is 0 Å². The van der Waals surface area contributed by atoms with Crippen molar-refractivity contribution in [3.05, 3.63) is 57.8 Å². The molecule has 2 aromatic carbocycles. The van der Waals surface area contributed by atoms with Gasteiger partial charge in [0.15, 0.2) is 0 Å². The molecule has 0 aromatic heterocycles. The highest BCUT2D eigenvalue weighted by Gasteiger charge is 2.12. The molecule has 114 valence electrons. The minimum absolute atomic E-state index is 0. The average molecular weight is 351 g/mol. The first-order valence-electron chi connectivity index (χ1n) is 6.11. The normalized spacial score (nSPS) is 11.7. The third-order valence-electron chi connectivity index (χ3n) is 2.99. The van der Waals surface area contributed by atoms with Crippen LogP contribution in [0.1, 0.15) is 18.5 Å². The minimum atomic E-state index is -0.302. The van der Waals surface area contributed by atoms with Crippen LogP contribution in [-0.2, 0) is 0 Å². The number of rotatable bonds is 4. The van der Waals surface area contributed by atoms with Gasteiger partial charge in [-0.25, -0.2) is 4.39 Å². The van der Waals surface area contributed by atoms with Crippen molar-refractivity contribution in [1.82, 2.24) is 5.32 Å². The van der Waals surface area contributed by atoms with Crippen molar-refractivity contribution in [2.45, 2.75) is 13.0 Å². The van der Waals surface area contributed by atoms with Gasteiger partial charge in [-0.05, 0) is 44.3 Å². The van der Waals surface area contributed by atoms with E-state index in [1.165, 1.54) is 12.1 Å². The lowest BCUT2D eigenvalue weighted by Gasteiger charge is -2.16. The van der Waals surface area contributed by atoms with Gasteiger partial charge in [0.1, 0.15) is 17.3 Å². The number of hydrogen-bond donors (Lipinski definition) is 1. The summed E-state index contributed by atoms with van der Waals surface area (Å²) in [5, 5.41) is 3.93. The van der Waals surface area contributed by atoms with E-state index in [9.17, 15) is 4.39 Å². The van der Waals surface area contributed by atoms with Gasteiger partial charge in [-0.1, -0.05) is 23.2 Å². The van der Waals surface area contributed by atoms with Crippen LogP contribution >= 0.6 is 35.6 Å². The van der Waals surface area contributed by atoms with Crippen LogP contribution in [0.4, 0.5) is 4.39 Å². The lowest BCUT2D eigenvalue weighted by atomic mass is 10.1. The van der Waals surface area contributed by atoms with Crippen LogP contribution < -0.4 is 10.1 Å². The fraction of sp³-hybridized carbons (Fsp3) is 0.200. The monoisotopic (exact) mass is 349 g/mol. The minimum Gasteiger partial charge on any atom is -0.457 e. The molecule has 0 fully saturated rings. The zero-order valence-electron chi connectivity index (χ0n) is 11.5. The van der Waals surface area contributed by atoms with Gasteiger partial charge in [0.25, 0.3) is 0 Å². The lowest BCUT2D eigenvalue weighted by Crippen LogP contribution is -2.13. The van der Waals surface area contributed by atoms with Crippen LogP contribution in [0.15, 0.2) is 36.4 Å². The summed E-state index contributed by atoms with van der Waals surface area (Å²) in [6, 6.07) is 9.37. The smallest absolute Gasteiger partial charge is 0.132 e. The molecule has 1 unspecified atom stereocenters. The van der Waals surface area contributed by atoms with E-state index in [1.807, 2.05) is 6.92 Å². The third kappa shape index (κ3) is 4.48. The molecular weight excluding hydrogens is 336 g/mol. The zero-order chi connectivity index (χ0) is 14.7. The summed E-state index contributed by atoms with van der Waals surface area (Å²) in [5.41, 5.74) is 0.735. The number of hydrogen-bond acceptors (Lipinski definition) is 2. The SMILES string of the molecule is CNC(C)c1cc(F)ccc1Oc1ccc(Cl)c(Cl)c1.Cl. The first kappa shape index (κ1) is 18.1. The second kappa shape index (κ2) is 7.85. The molecule has 0 aliphatic rings. The van der Waals surface area contributed by atoms with Crippen molar-refractivity contribution in [3.63, 3.8) is 0 Å². The zero-order valence-corrected chi connectivity index (χ0v) is 13.8. The number of benzene rings is 2. The highest BCUT2D eigenvalue weighted by molar-refractivity contribution is 6.42. The number of ether oxygens (including phenoxy) is 1. The van der Waals surface area contributed by atoms with Crippen molar-refractivity contribution < 1.29 is 9.13 Å². The second-order valence-corrected chi connectivity index (χ2v) is 5.18. The van der Waals surface area contributed by atoms with Crippen molar-refractivity contribution in [3.8, 4) is 11.5 Å². The Bertz CT molecular complexity index is 622. The maximum atomic E-state index is 13.4. The summed E-state index contributed by atoms with van der Waals surface area (Å²) in [5.74, 6) is 0.825. The van der Waals surface area contributed by atoms with Gasteiger partial charge in [-0.3, -0.25) is 0 Å². The molecular formula is C15H15Cl3FNO. The van der Waals surface area contributed by atoms with Gasteiger partial charge >= 0.3 is 0 Å². The van der Waals surface area contributed by atoms with Crippen LogP contribution in [0.3, 0.4) is 0 Å². The van der Waals surface area contributed by atoms with Crippen molar-refractivity contribution >= 4 is 35.6 Å². The van der Waals surface area contributed by atoms with E-state index in [1.54, 1.807) is 31.3 Å².